The molecule has 4 N–H and O–H groups in total. The van der Waals surface area contributed by atoms with Crippen LogP contribution in [-0.2, 0) is 19.3 Å². The van der Waals surface area contributed by atoms with Gasteiger partial charge in [0.2, 0.25) is 0 Å². The summed E-state index contributed by atoms with van der Waals surface area (Å²) in [7, 11) is 0. The molecule has 2 aromatic heterocycles. The van der Waals surface area contributed by atoms with Crippen molar-refractivity contribution in [1.29, 1.82) is 0 Å². The molecule has 3 amide bonds. The summed E-state index contributed by atoms with van der Waals surface area (Å²) in [6.07, 6.45) is 0.0149. The van der Waals surface area contributed by atoms with Crippen molar-refractivity contribution in [3.8, 4) is 0 Å². The number of hydrogen-bond acceptors (Lipinski definition) is 5. The van der Waals surface area contributed by atoms with Crippen LogP contribution < -0.4 is 16.4 Å². The summed E-state index contributed by atoms with van der Waals surface area (Å²) in [5.41, 5.74) is 6.67. The Hall–Kier alpha value is -3.83. The minimum atomic E-state index is -4.42. The Labute approximate surface area is 199 Å². The first kappa shape index (κ1) is 24.3. The number of benzene rings is 1. The molecule has 0 spiro atoms. The number of likely N-dealkylation sites (tertiary alicyclic amines) is 1. The second-order valence-corrected chi connectivity index (χ2v) is 8.37. The van der Waals surface area contributed by atoms with Gasteiger partial charge in [-0.2, -0.15) is 18.3 Å². The lowest BCUT2D eigenvalue weighted by Gasteiger charge is -2.32. The lowest BCUT2D eigenvalue weighted by molar-refractivity contribution is -0.137. The highest BCUT2D eigenvalue weighted by atomic mass is 19.4. The molecule has 0 atom stereocenters. The number of carbonyl (C=O) groups is 2. The van der Waals surface area contributed by atoms with Crippen LogP contribution in [0.15, 0.2) is 36.7 Å². The minimum absolute atomic E-state index is 0.00244. The van der Waals surface area contributed by atoms with Gasteiger partial charge in [-0.1, -0.05) is 12.1 Å². The van der Waals surface area contributed by atoms with E-state index in [0.29, 0.717) is 60.3 Å². The maximum absolute atomic E-state index is 13.1. The number of aryl methyl sites for hydroxylation is 1. The Morgan fingerprint density at radius 2 is 1.83 bits per heavy atom. The fourth-order valence-electron chi connectivity index (χ4n) is 4.12. The normalized spacial score (nSPS) is 14.8. The van der Waals surface area contributed by atoms with Crippen molar-refractivity contribution in [3.63, 3.8) is 0 Å². The van der Waals surface area contributed by atoms with Crippen molar-refractivity contribution in [2.24, 2.45) is 5.73 Å². The number of anilines is 1. The summed E-state index contributed by atoms with van der Waals surface area (Å²) < 4.78 is 40.1. The van der Waals surface area contributed by atoms with E-state index >= 15 is 0 Å². The zero-order valence-corrected chi connectivity index (χ0v) is 19.1. The van der Waals surface area contributed by atoms with E-state index < -0.39 is 23.7 Å². The molecule has 9 nitrogen and oxygen atoms in total. The Morgan fingerprint density at radius 3 is 2.43 bits per heavy atom. The largest absolute Gasteiger partial charge is 0.416 e. The number of hydrogen-bond donors (Lipinski definition) is 3. The highest BCUT2D eigenvalue weighted by Gasteiger charge is 2.30. The Bertz CT molecular complexity index is 1220. The molecule has 1 aromatic carbocycles. The smallest absolute Gasteiger partial charge is 0.381 e. The number of urea groups is 1. The predicted octanol–water partition coefficient (Wildman–Crippen LogP) is 3.36. The third kappa shape index (κ3) is 5.31. The van der Waals surface area contributed by atoms with Gasteiger partial charge in [0.05, 0.1) is 28.4 Å². The standard InChI is InChI=1S/C23H26F3N7O2/c1-2-33-20-17(13-30-33)19(31-16-7-9-32(10-8-16)22(27)35)18(12-28-20)21(34)29-11-14-3-5-15(6-4-14)23(24,25)26/h3-6,12-13,16H,2,7-11H2,1H3,(H2,27,35)(H,28,31)(H,29,34). The number of rotatable bonds is 6. The van der Waals surface area contributed by atoms with Crippen LogP contribution >= 0.6 is 0 Å². The fourth-order valence-corrected chi connectivity index (χ4v) is 4.12. The molecule has 0 radical (unpaired) electrons. The van der Waals surface area contributed by atoms with E-state index in [4.69, 9.17) is 5.73 Å². The lowest BCUT2D eigenvalue weighted by Crippen LogP contribution is -2.44. The summed E-state index contributed by atoms with van der Waals surface area (Å²) in [5.74, 6) is -0.416. The summed E-state index contributed by atoms with van der Waals surface area (Å²) in [6, 6.07) is 4.19. The molecule has 0 bridgehead atoms. The molecular formula is C23H26F3N7O2. The number of aromatic nitrogens is 3. The second kappa shape index (κ2) is 9.80. The van der Waals surface area contributed by atoms with E-state index in [1.54, 1.807) is 15.8 Å². The molecule has 0 unspecified atom stereocenters. The molecule has 0 aliphatic carbocycles. The van der Waals surface area contributed by atoms with Crippen LogP contribution in [0.2, 0.25) is 0 Å². The van der Waals surface area contributed by atoms with Crippen LogP contribution in [0.1, 0.15) is 41.3 Å². The number of nitrogens with two attached hydrogens (primary N) is 1. The fraction of sp³-hybridized carbons (Fsp3) is 0.391. The van der Waals surface area contributed by atoms with Crippen LogP contribution in [0.25, 0.3) is 11.0 Å². The van der Waals surface area contributed by atoms with Gasteiger partial charge in [-0.15, -0.1) is 0 Å². The SMILES string of the molecule is CCn1ncc2c(NC3CCN(C(N)=O)CC3)c(C(=O)NCc3ccc(C(F)(F)F)cc3)cnc21. The Morgan fingerprint density at radius 1 is 1.14 bits per heavy atom. The molecule has 1 aliphatic heterocycles. The first-order valence-electron chi connectivity index (χ1n) is 11.3. The average molecular weight is 490 g/mol. The topological polar surface area (TPSA) is 118 Å². The summed E-state index contributed by atoms with van der Waals surface area (Å²) in [5, 5.41) is 11.2. The van der Waals surface area contributed by atoms with Crippen LogP contribution in [-0.4, -0.2) is 50.7 Å². The first-order chi connectivity index (χ1) is 16.7. The van der Waals surface area contributed by atoms with E-state index in [0.717, 1.165) is 12.1 Å². The van der Waals surface area contributed by atoms with Crippen molar-refractivity contribution in [1.82, 2.24) is 25.0 Å². The van der Waals surface area contributed by atoms with E-state index in [1.165, 1.54) is 18.3 Å². The number of nitrogens with zero attached hydrogens (tertiary/aromatic N) is 4. The number of carbonyl (C=O) groups excluding carboxylic acids is 2. The monoisotopic (exact) mass is 489 g/mol. The maximum Gasteiger partial charge on any atom is 0.416 e. The number of pyridine rings is 1. The molecule has 1 aliphatic rings. The second-order valence-electron chi connectivity index (χ2n) is 8.37. The molecule has 35 heavy (non-hydrogen) atoms. The summed E-state index contributed by atoms with van der Waals surface area (Å²) in [6.45, 7) is 3.60. The molecular weight excluding hydrogens is 463 g/mol. The van der Waals surface area contributed by atoms with Crippen molar-refractivity contribution in [3.05, 3.63) is 53.3 Å². The zero-order valence-electron chi connectivity index (χ0n) is 19.1. The van der Waals surface area contributed by atoms with E-state index in [9.17, 15) is 22.8 Å². The van der Waals surface area contributed by atoms with Gasteiger partial charge in [-0.25, -0.2) is 14.5 Å². The molecule has 0 saturated carbocycles. The van der Waals surface area contributed by atoms with E-state index in [-0.39, 0.29) is 12.6 Å². The van der Waals surface area contributed by atoms with Gasteiger partial charge in [0.25, 0.3) is 5.91 Å². The number of alkyl halides is 3. The molecule has 4 rings (SSSR count). The number of primary amides is 1. The average Bonchev–Trinajstić information content (AvgIpc) is 3.26. The number of piperidine rings is 1. The van der Waals surface area contributed by atoms with Gasteiger partial charge in [0.15, 0.2) is 5.65 Å². The van der Waals surface area contributed by atoms with Gasteiger partial charge in [-0.3, -0.25) is 4.79 Å². The van der Waals surface area contributed by atoms with Crippen LogP contribution in [0.4, 0.5) is 23.7 Å². The highest BCUT2D eigenvalue weighted by molar-refractivity contribution is 6.06. The van der Waals surface area contributed by atoms with E-state index in [1.807, 2.05) is 6.92 Å². The van der Waals surface area contributed by atoms with Gasteiger partial charge in [-0.05, 0) is 37.5 Å². The molecule has 12 heteroatoms. The van der Waals surface area contributed by atoms with Crippen molar-refractivity contribution in [2.45, 2.75) is 45.1 Å². The van der Waals surface area contributed by atoms with Gasteiger partial charge in [0, 0.05) is 38.4 Å². The molecule has 3 heterocycles. The first-order valence-corrected chi connectivity index (χ1v) is 11.3. The summed E-state index contributed by atoms with van der Waals surface area (Å²) in [4.78, 5) is 30.5. The number of amides is 3. The number of nitrogens with one attached hydrogen (secondary N) is 2. The molecule has 186 valence electrons. The zero-order chi connectivity index (χ0) is 25.2. The molecule has 1 saturated heterocycles. The third-order valence-electron chi connectivity index (χ3n) is 6.10. The van der Waals surface area contributed by atoms with Crippen LogP contribution in [0.5, 0.6) is 0 Å². The van der Waals surface area contributed by atoms with Gasteiger partial charge in [0.1, 0.15) is 0 Å². The molecule has 1 fully saturated rings. The van der Waals surface area contributed by atoms with Crippen molar-refractivity contribution >= 4 is 28.7 Å². The quantitative estimate of drug-likeness (QED) is 0.491. The predicted molar refractivity (Wildman–Crippen MR) is 124 cm³/mol. The lowest BCUT2D eigenvalue weighted by atomic mass is 10.0. The van der Waals surface area contributed by atoms with Crippen LogP contribution in [0, 0.1) is 0 Å². The maximum atomic E-state index is 13.1. The van der Waals surface area contributed by atoms with Crippen molar-refractivity contribution in [2.75, 3.05) is 18.4 Å². The highest BCUT2D eigenvalue weighted by Crippen LogP contribution is 2.30. The Balaban J connectivity index is 1.54. The summed E-state index contributed by atoms with van der Waals surface area (Å²) >= 11 is 0. The molecule has 3 aromatic rings. The third-order valence-corrected chi connectivity index (χ3v) is 6.10. The van der Waals surface area contributed by atoms with Gasteiger partial charge >= 0.3 is 12.2 Å². The number of halogens is 3. The van der Waals surface area contributed by atoms with Crippen molar-refractivity contribution < 1.29 is 22.8 Å². The van der Waals surface area contributed by atoms with E-state index in [2.05, 4.69) is 20.7 Å². The Kier molecular flexibility index (Phi) is 6.81. The van der Waals surface area contributed by atoms with Gasteiger partial charge < -0.3 is 21.3 Å². The van der Waals surface area contributed by atoms with Crippen LogP contribution in [0.3, 0.4) is 0 Å². The number of fused-ring (bicyclic) bond motifs is 1. The minimum Gasteiger partial charge on any atom is -0.381 e.